The van der Waals surface area contributed by atoms with Gasteiger partial charge in [0.2, 0.25) is 0 Å². The van der Waals surface area contributed by atoms with E-state index in [9.17, 15) is 22.0 Å². The van der Waals surface area contributed by atoms with Gasteiger partial charge >= 0.3 is 0 Å². The van der Waals surface area contributed by atoms with Crippen molar-refractivity contribution in [3.8, 4) is 0 Å². The van der Waals surface area contributed by atoms with Gasteiger partial charge in [0.15, 0.2) is 9.84 Å². The van der Waals surface area contributed by atoms with Gasteiger partial charge in [-0.15, -0.1) is 0 Å². The Labute approximate surface area is 116 Å². The van der Waals surface area contributed by atoms with Crippen LogP contribution in [0.15, 0.2) is 29.2 Å². The molecule has 0 radical (unpaired) electrons. The number of halogens is 2. The summed E-state index contributed by atoms with van der Waals surface area (Å²) in [7, 11) is -3.36. The van der Waals surface area contributed by atoms with E-state index in [0.29, 0.717) is 0 Å². The van der Waals surface area contributed by atoms with Crippen molar-refractivity contribution < 1.29 is 22.0 Å². The third kappa shape index (κ3) is 4.53. The Balaban J connectivity index is 2.95. The van der Waals surface area contributed by atoms with Gasteiger partial charge in [0.05, 0.1) is 11.4 Å². The second-order valence-electron chi connectivity index (χ2n) is 4.23. The molecule has 1 rings (SSSR count). The minimum atomic E-state index is -3.36. The summed E-state index contributed by atoms with van der Waals surface area (Å²) in [5, 5.41) is 0. The molecule has 1 aromatic rings. The van der Waals surface area contributed by atoms with Crippen LogP contribution in [0.4, 0.5) is 8.78 Å². The zero-order chi connectivity index (χ0) is 15.3. The first-order valence-corrected chi connectivity index (χ1v) is 7.72. The molecule has 0 saturated heterocycles. The van der Waals surface area contributed by atoms with E-state index >= 15 is 0 Å². The molecule has 2 N–H and O–H groups in total. The van der Waals surface area contributed by atoms with E-state index < -0.39 is 28.7 Å². The van der Waals surface area contributed by atoms with E-state index in [-0.39, 0.29) is 23.5 Å². The predicted octanol–water partition coefficient (Wildman–Crippen LogP) is 0.756. The number of hydrogen-bond acceptors (Lipinski definition) is 4. The number of nitrogens with two attached hydrogens (primary N) is 1. The van der Waals surface area contributed by atoms with Crippen molar-refractivity contribution in [2.24, 2.45) is 5.73 Å². The zero-order valence-corrected chi connectivity index (χ0v) is 11.7. The molecule has 0 bridgehead atoms. The summed E-state index contributed by atoms with van der Waals surface area (Å²) in [5.74, 6) is -0.601. The first-order chi connectivity index (χ1) is 9.25. The molecule has 0 aliphatic heterocycles. The molecule has 5 nitrogen and oxygen atoms in total. The highest BCUT2D eigenvalue weighted by molar-refractivity contribution is 7.90. The molecule has 0 fully saturated rings. The van der Waals surface area contributed by atoms with Crippen molar-refractivity contribution in [2.75, 3.05) is 25.9 Å². The van der Waals surface area contributed by atoms with Gasteiger partial charge in [-0.1, -0.05) is 0 Å². The molecule has 1 aromatic carbocycles. The number of rotatable bonds is 6. The second kappa shape index (κ2) is 6.76. The SMILES string of the molecule is CS(=O)(=O)c1ccc(C(=O)N(CCN)CC(F)F)cc1. The van der Waals surface area contributed by atoms with Crippen LogP contribution < -0.4 is 5.73 Å². The molecule has 112 valence electrons. The number of hydrogen-bond donors (Lipinski definition) is 1. The lowest BCUT2D eigenvalue weighted by molar-refractivity contribution is 0.0563. The van der Waals surface area contributed by atoms with E-state index in [1.807, 2.05) is 0 Å². The molecular formula is C12H16F2N2O3S. The third-order valence-electron chi connectivity index (χ3n) is 2.57. The van der Waals surface area contributed by atoms with Gasteiger partial charge in [-0.25, -0.2) is 17.2 Å². The number of sulfone groups is 1. The summed E-state index contributed by atoms with van der Waals surface area (Å²) < 4.78 is 47.4. The second-order valence-corrected chi connectivity index (χ2v) is 6.24. The fourth-order valence-electron chi connectivity index (χ4n) is 1.63. The standard InChI is InChI=1S/C12H16F2N2O3S/c1-20(18,19)10-4-2-9(3-5-10)12(17)16(7-6-15)8-11(13)14/h2-5,11H,6-8,15H2,1H3. The average Bonchev–Trinajstić information content (AvgIpc) is 2.36. The first-order valence-electron chi connectivity index (χ1n) is 5.83. The minimum Gasteiger partial charge on any atom is -0.332 e. The highest BCUT2D eigenvalue weighted by Crippen LogP contribution is 2.12. The summed E-state index contributed by atoms with van der Waals surface area (Å²) in [6, 6.07) is 5.14. The van der Waals surface area contributed by atoms with Crippen molar-refractivity contribution in [3.05, 3.63) is 29.8 Å². The van der Waals surface area contributed by atoms with Gasteiger partial charge in [-0.05, 0) is 24.3 Å². The van der Waals surface area contributed by atoms with Crippen LogP contribution in [0.5, 0.6) is 0 Å². The maximum Gasteiger partial charge on any atom is 0.255 e. The van der Waals surface area contributed by atoms with E-state index in [2.05, 4.69) is 0 Å². The molecule has 0 unspecified atom stereocenters. The predicted molar refractivity (Wildman–Crippen MR) is 70.5 cm³/mol. The summed E-state index contributed by atoms with van der Waals surface area (Å²) in [6.45, 7) is -0.624. The molecule has 0 heterocycles. The van der Waals surface area contributed by atoms with Crippen LogP contribution in [0.25, 0.3) is 0 Å². The molecule has 8 heteroatoms. The molecular weight excluding hydrogens is 290 g/mol. The van der Waals surface area contributed by atoms with E-state index in [0.717, 1.165) is 11.2 Å². The third-order valence-corrected chi connectivity index (χ3v) is 3.70. The van der Waals surface area contributed by atoms with Crippen molar-refractivity contribution in [1.82, 2.24) is 4.90 Å². The van der Waals surface area contributed by atoms with Crippen molar-refractivity contribution in [3.63, 3.8) is 0 Å². The number of carbonyl (C=O) groups is 1. The zero-order valence-electron chi connectivity index (χ0n) is 10.9. The highest BCUT2D eigenvalue weighted by Gasteiger charge is 2.19. The molecule has 0 spiro atoms. The van der Waals surface area contributed by atoms with Crippen LogP contribution in [0, 0.1) is 0 Å². The number of benzene rings is 1. The maximum absolute atomic E-state index is 12.4. The molecule has 0 aliphatic rings. The van der Waals surface area contributed by atoms with Gasteiger partial charge in [0.25, 0.3) is 12.3 Å². The smallest absolute Gasteiger partial charge is 0.255 e. The van der Waals surface area contributed by atoms with E-state index in [1.165, 1.54) is 24.3 Å². The fourth-order valence-corrected chi connectivity index (χ4v) is 2.26. The topological polar surface area (TPSA) is 80.5 Å². The van der Waals surface area contributed by atoms with Gasteiger partial charge in [-0.2, -0.15) is 0 Å². The molecule has 1 amide bonds. The Hall–Kier alpha value is -1.54. The normalized spacial score (nSPS) is 11.7. The number of alkyl halides is 2. The minimum absolute atomic E-state index is 0.0109. The van der Waals surface area contributed by atoms with Crippen LogP contribution >= 0.6 is 0 Å². The van der Waals surface area contributed by atoms with Gasteiger partial charge in [0, 0.05) is 24.9 Å². The lowest BCUT2D eigenvalue weighted by atomic mass is 10.2. The van der Waals surface area contributed by atoms with Gasteiger partial charge in [0.1, 0.15) is 0 Å². The Morgan fingerprint density at radius 3 is 2.25 bits per heavy atom. The molecule has 0 atom stereocenters. The Kier molecular flexibility index (Phi) is 5.58. The van der Waals surface area contributed by atoms with Crippen molar-refractivity contribution >= 4 is 15.7 Å². The van der Waals surface area contributed by atoms with E-state index in [4.69, 9.17) is 5.73 Å². The van der Waals surface area contributed by atoms with Crippen LogP contribution in [0.2, 0.25) is 0 Å². The van der Waals surface area contributed by atoms with Gasteiger partial charge < -0.3 is 10.6 Å². The van der Waals surface area contributed by atoms with Crippen LogP contribution in [0.3, 0.4) is 0 Å². The molecule has 0 aromatic heterocycles. The fraction of sp³-hybridized carbons (Fsp3) is 0.417. The maximum atomic E-state index is 12.4. The van der Waals surface area contributed by atoms with Crippen LogP contribution in [-0.2, 0) is 9.84 Å². The van der Waals surface area contributed by atoms with E-state index in [1.54, 1.807) is 0 Å². The molecule has 0 saturated carbocycles. The average molecular weight is 306 g/mol. The molecule has 0 aliphatic carbocycles. The summed E-state index contributed by atoms with van der Waals surface area (Å²) in [4.78, 5) is 13.0. The lowest BCUT2D eigenvalue weighted by Gasteiger charge is -2.21. The first kappa shape index (κ1) is 16.5. The van der Waals surface area contributed by atoms with Crippen LogP contribution in [-0.4, -0.2) is 51.5 Å². The molecule has 20 heavy (non-hydrogen) atoms. The summed E-state index contributed by atoms with van der Waals surface area (Å²) >= 11 is 0. The van der Waals surface area contributed by atoms with Crippen molar-refractivity contribution in [1.29, 1.82) is 0 Å². The summed E-state index contributed by atoms with van der Waals surface area (Å²) in [6.07, 6.45) is -1.61. The number of nitrogens with zero attached hydrogens (tertiary/aromatic N) is 1. The Morgan fingerprint density at radius 1 is 1.30 bits per heavy atom. The quantitative estimate of drug-likeness (QED) is 0.841. The van der Waals surface area contributed by atoms with Crippen molar-refractivity contribution in [2.45, 2.75) is 11.3 Å². The monoisotopic (exact) mass is 306 g/mol. The lowest BCUT2D eigenvalue weighted by Crippen LogP contribution is -2.38. The largest absolute Gasteiger partial charge is 0.332 e. The van der Waals surface area contributed by atoms with Gasteiger partial charge in [-0.3, -0.25) is 4.79 Å². The Bertz CT molecular complexity index is 559. The summed E-state index contributed by atoms with van der Waals surface area (Å²) in [5.41, 5.74) is 5.43. The highest BCUT2D eigenvalue weighted by atomic mass is 32.2. The van der Waals surface area contributed by atoms with Crippen LogP contribution in [0.1, 0.15) is 10.4 Å². The number of amides is 1. The Morgan fingerprint density at radius 2 is 1.85 bits per heavy atom. The number of carbonyl (C=O) groups excluding carboxylic acids is 1.